The lowest BCUT2D eigenvalue weighted by atomic mass is 9.99. The van der Waals surface area contributed by atoms with Crippen molar-refractivity contribution in [3.05, 3.63) is 24.3 Å². The summed E-state index contributed by atoms with van der Waals surface area (Å²) >= 11 is 0. The number of methoxy groups -OCH3 is 1. The van der Waals surface area contributed by atoms with E-state index >= 15 is 0 Å². The van der Waals surface area contributed by atoms with Crippen LogP contribution in [0.4, 0.5) is 5.69 Å². The van der Waals surface area contributed by atoms with Crippen LogP contribution in [0.5, 0.6) is 5.75 Å². The molecule has 1 unspecified atom stereocenters. The minimum Gasteiger partial charge on any atom is -0.497 e. The van der Waals surface area contributed by atoms with Crippen molar-refractivity contribution in [3.63, 3.8) is 0 Å². The Kier molecular flexibility index (Phi) is 9.64. The van der Waals surface area contributed by atoms with Gasteiger partial charge >= 0.3 is 0 Å². The molecule has 1 atom stereocenters. The van der Waals surface area contributed by atoms with Crippen LogP contribution in [0.1, 0.15) is 19.8 Å². The first-order chi connectivity index (χ1) is 13.2. The number of ether oxygens (including phenoxy) is 1. The number of likely N-dealkylation sites (tertiary alicyclic amines) is 1. The van der Waals surface area contributed by atoms with Crippen molar-refractivity contribution in [2.24, 2.45) is 10.9 Å². The molecule has 0 amide bonds. The normalized spacial score (nSPS) is 21.2. The number of hydrogen-bond donors (Lipinski definition) is 1. The quantitative estimate of drug-likeness (QED) is 0.382. The highest BCUT2D eigenvalue weighted by Gasteiger charge is 2.21. The van der Waals surface area contributed by atoms with E-state index < -0.39 is 0 Å². The van der Waals surface area contributed by atoms with E-state index in [-0.39, 0.29) is 24.0 Å². The zero-order valence-electron chi connectivity index (χ0n) is 17.6. The molecule has 28 heavy (non-hydrogen) atoms. The van der Waals surface area contributed by atoms with Crippen molar-refractivity contribution < 1.29 is 4.74 Å². The van der Waals surface area contributed by atoms with Crippen LogP contribution < -0.4 is 15.0 Å². The summed E-state index contributed by atoms with van der Waals surface area (Å²) in [5, 5.41) is 3.50. The molecule has 2 aliphatic rings. The molecule has 6 nitrogen and oxygen atoms in total. The number of halogens is 1. The Morgan fingerprint density at radius 2 is 1.86 bits per heavy atom. The number of guanidine groups is 1. The molecule has 1 N–H and O–H groups in total. The van der Waals surface area contributed by atoms with Crippen LogP contribution in [0.25, 0.3) is 0 Å². The predicted octanol–water partition coefficient (Wildman–Crippen LogP) is 2.74. The SMILES string of the molecule is CCNC(=NCC1CCCN(C)C1)N1CCN(c2ccc(OC)cc2)CC1.I. The number of anilines is 1. The molecule has 0 radical (unpaired) electrons. The van der Waals surface area contributed by atoms with E-state index in [1.54, 1.807) is 7.11 Å². The lowest BCUT2D eigenvalue weighted by Gasteiger charge is -2.38. The van der Waals surface area contributed by atoms with Crippen molar-refractivity contribution in [3.8, 4) is 5.75 Å². The van der Waals surface area contributed by atoms with E-state index in [0.717, 1.165) is 51.0 Å². The molecule has 0 bridgehead atoms. The van der Waals surface area contributed by atoms with E-state index in [0.29, 0.717) is 5.92 Å². The number of piperidine rings is 1. The topological polar surface area (TPSA) is 43.3 Å². The predicted molar refractivity (Wildman–Crippen MR) is 128 cm³/mol. The van der Waals surface area contributed by atoms with Gasteiger partial charge in [0.15, 0.2) is 5.96 Å². The van der Waals surface area contributed by atoms with Gasteiger partial charge in [-0.15, -0.1) is 24.0 Å². The third-order valence-electron chi connectivity index (χ3n) is 5.57. The van der Waals surface area contributed by atoms with Crippen LogP contribution in [0.2, 0.25) is 0 Å². The minimum atomic E-state index is 0. The van der Waals surface area contributed by atoms with Crippen molar-refractivity contribution in [2.45, 2.75) is 19.8 Å². The lowest BCUT2D eigenvalue weighted by Crippen LogP contribution is -2.52. The Bertz CT molecular complexity index is 601. The van der Waals surface area contributed by atoms with E-state index in [4.69, 9.17) is 9.73 Å². The van der Waals surface area contributed by atoms with Crippen molar-refractivity contribution in [1.82, 2.24) is 15.1 Å². The summed E-state index contributed by atoms with van der Waals surface area (Å²) in [4.78, 5) is 12.3. The van der Waals surface area contributed by atoms with Gasteiger partial charge < -0.3 is 24.8 Å². The number of nitrogens with one attached hydrogen (secondary N) is 1. The molecule has 2 saturated heterocycles. The summed E-state index contributed by atoms with van der Waals surface area (Å²) < 4.78 is 5.26. The molecule has 1 aromatic carbocycles. The van der Waals surface area contributed by atoms with Gasteiger partial charge in [0.1, 0.15) is 5.75 Å². The molecular weight excluding hydrogens is 465 g/mol. The third-order valence-corrected chi connectivity index (χ3v) is 5.57. The molecule has 0 aliphatic carbocycles. The summed E-state index contributed by atoms with van der Waals surface area (Å²) in [5.74, 6) is 2.69. The first-order valence-corrected chi connectivity index (χ1v) is 10.3. The molecule has 2 heterocycles. The maximum Gasteiger partial charge on any atom is 0.194 e. The number of rotatable bonds is 5. The molecule has 0 spiro atoms. The van der Waals surface area contributed by atoms with E-state index in [9.17, 15) is 0 Å². The Balaban J connectivity index is 0.00000280. The van der Waals surface area contributed by atoms with Gasteiger partial charge in [0.2, 0.25) is 0 Å². The molecule has 3 rings (SSSR count). The summed E-state index contributed by atoms with van der Waals surface area (Å²) in [6.45, 7) is 10.4. The number of piperazine rings is 1. The monoisotopic (exact) mass is 501 g/mol. The van der Waals surface area contributed by atoms with Gasteiger partial charge in [-0.05, 0) is 63.5 Å². The molecule has 2 aliphatic heterocycles. The van der Waals surface area contributed by atoms with Crippen LogP contribution in [0.3, 0.4) is 0 Å². The first kappa shape index (κ1) is 23.1. The van der Waals surface area contributed by atoms with Crippen LogP contribution in [0.15, 0.2) is 29.3 Å². The van der Waals surface area contributed by atoms with Gasteiger partial charge in [0, 0.05) is 51.5 Å². The second-order valence-corrected chi connectivity index (χ2v) is 7.64. The fourth-order valence-corrected chi connectivity index (χ4v) is 4.03. The summed E-state index contributed by atoms with van der Waals surface area (Å²) in [7, 11) is 3.93. The molecule has 0 saturated carbocycles. The second kappa shape index (κ2) is 11.7. The van der Waals surface area contributed by atoms with Crippen LogP contribution in [0, 0.1) is 5.92 Å². The highest BCUT2D eigenvalue weighted by atomic mass is 127. The standard InChI is InChI=1S/C21H35N5O.HI/c1-4-22-21(23-16-18-6-5-11-24(2)17-18)26-14-12-25(13-15-26)19-7-9-20(27-3)10-8-19;/h7-10,18H,4-6,11-17H2,1-3H3,(H,22,23);1H. The highest BCUT2D eigenvalue weighted by molar-refractivity contribution is 14.0. The first-order valence-electron chi connectivity index (χ1n) is 10.3. The van der Waals surface area contributed by atoms with Crippen molar-refractivity contribution in [1.29, 1.82) is 0 Å². The third kappa shape index (κ3) is 6.40. The van der Waals surface area contributed by atoms with E-state index in [1.807, 2.05) is 12.1 Å². The minimum absolute atomic E-state index is 0. The van der Waals surface area contributed by atoms with Gasteiger partial charge in [-0.2, -0.15) is 0 Å². The average molecular weight is 501 g/mol. The van der Waals surface area contributed by atoms with Crippen LogP contribution in [-0.2, 0) is 0 Å². The molecule has 0 aromatic heterocycles. The van der Waals surface area contributed by atoms with Gasteiger partial charge in [-0.1, -0.05) is 0 Å². The Morgan fingerprint density at radius 1 is 1.14 bits per heavy atom. The molecule has 158 valence electrons. The fraction of sp³-hybridized carbons (Fsp3) is 0.667. The number of hydrogen-bond acceptors (Lipinski definition) is 4. The van der Waals surface area contributed by atoms with Gasteiger partial charge in [0.25, 0.3) is 0 Å². The Morgan fingerprint density at radius 3 is 2.46 bits per heavy atom. The second-order valence-electron chi connectivity index (χ2n) is 7.64. The molecular formula is C21H36IN5O. The molecule has 2 fully saturated rings. The average Bonchev–Trinajstić information content (AvgIpc) is 2.71. The zero-order chi connectivity index (χ0) is 19.1. The number of nitrogens with zero attached hydrogens (tertiary/aromatic N) is 4. The van der Waals surface area contributed by atoms with Gasteiger partial charge in [-0.3, -0.25) is 4.99 Å². The van der Waals surface area contributed by atoms with Crippen LogP contribution in [-0.4, -0.2) is 82.3 Å². The molecule has 7 heteroatoms. The Labute approximate surface area is 187 Å². The number of aliphatic imine (C=N–C) groups is 1. The van der Waals surface area contributed by atoms with Gasteiger partial charge in [0.05, 0.1) is 7.11 Å². The van der Waals surface area contributed by atoms with Crippen molar-refractivity contribution >= 4 is 35.6 Å². The van der Waals surface area contributed by atoms with Crippen molar-refractivity contribution in [2.75, 3.05) is 71.4 Å². The maximum atomic E-state index is 5.26. The maximum absolute atomic E-state index is 5.26. The fourth-order valence-electron chi connectivity index (χ4n) is 4.03. The largest absolute Gasteiger partial charge is 0.497 e. The smallest absolute Gasteiger partial charge is 0.194 e. The summed E-state index contributed by atoms with van der Waals surface area (Å²) in [6.07, 6.45) is 2.60. The molecule has 1 aromatic rings. The zero-order valence-corrected chi connectivity index (χ0v) is 19.9. The number of benzene rings is 1. The van der Waals surface area contributed by atoms with Gasteiger partial charge in [-0.25, -0.2) is 0 Å². The summed E-state index contributed by atoms with van der Waals surface area (Å²) in [5.41, 5.74) is 1.27. The summed E-state index contributed by atoms with van der Waals surface area (Å²) in [6, 6.07) is 8.36. The Hall–Kier alpha value is -1.22. The van der Waals surface area contributed by atoms with E-state index in [2.05, 4.69) is 46.1 Å². The van der Waals surface area contributed by atoms with Crippen LogP contribution >= 0.6 is 24.0 Å². The lowest BCUT2D eigenvalue weighted by molar-refractivity contribution is 0.214. The van der Waals surface area contributed by atoms with E-state index in [1.165, 1.54) is 31.6 Å². The highest BCUT2D eigenvalue weighted by Crippen LogP contribution is 2.21.